The van der Waals surface area contributed by atoms with E-state index in [0.29, 0.717) is 6.54 Å². The number of unbranched alkanes of at least 4 members (excludes halogenated alkanes) is 3. The molecule has 0 amide bonds. The molecular formula is C14H27NO4. The number of carboxylic acids is 2. The number of rotatable bonds is 12. The van der Waals surface area contributed by atoms with E-state index in [4.69, 9.17) is 10.2 Å². The van der Waals surface area contributed by atoms with Gasteiger partial charge in [-0.15, -0.1) is 0 Å². The molecule has 5 heteroatoms. The van der Waals surface area contributed by atoms with E-state index >= 15 is 0 Å². The summed E-state index contributed by atoms with van der Waals surface area (Å²) in [5.41, 5.74) is 0. The zero-order chi connectivity index (χ0) is 14.7. The summed E-state index contributed by atoms with van der Waals surface area (Å²) < 4.78 is 0. The van der Waals surface area contributed by atoms with Gasteiger partial charge in [-0.2, -0.15) is 0 Å². The van der Waals surface area contributed by atoms with Crippen LogP contribution in [0.15, 0.2) is 0 Å². The van der Waals surface area contributed by atoms with Gasteiger partial charge >= 0.3 is 11.9 Å². The first-order valence-electron chi connectivity index (χ1n) is 7.18. The summed E-state index contributed by atoms with van der Waals surface area (Å²) in [6.45, 7) is 5.32. The van der Waals surface area contributed by atoms with E-state index in [1.165, 1.54) is 6.42 Å². The molecule has 1 atom stereocenters. The lowest BCUT2D eigenvalue weighted by Crippen LogP contribution is -2.38. The van der Waals surface area contributed by atoms with Crippen molar-refractivity contribution in [2.75, 3.05) is 13.1 Å². The van der Waals surface area contributed by atoms with Gasteiger partial charge < -0.3 is 10.2 Å². The maximum absolute atomic E-state index is 10.8. The average Bonchev–Trinajstić information content (AvgIpc) is 2.35. The van der Waals surface area contributed by atoms with Crippen LogP contribution >= 0.6 is 0 Å². The predicted octanol–water partition coefficient (Wildman–Crippen LogP) is 2.60. The Balaban J connectivity index is 4.34. The lowest BCUT2D eigenvalue weighted by Gasteiger charge is -2.29. The highest BCUT2D eigenvalue weighted by atomic mass is 16.4. The molecule has 0 bridgehead atoms. The molecule has 0 saturated heterocycles. The van der Waals surface area contributed by atoms with Crippen molar-refractivity contribution in [1.82, 2.24) is 4.90 Å². The standard InChI is InChI=1S/C14H27NO4/c1-3-5-6-7-9-15(10-8-13(16)17)12(4-2)11-14(18)19/h12H,3-11H2,1-2H3,(H,16,17)(H,18,19). The summed E-state index contributed by atoms with van der Waals surface area (Å²) in [5.74, 6) is -1.65. The number of carbonyl (C=O) groups is 2. The first-order valence-corrected chi connectivity index (χ1v) is 7.18. The maximum atomic E-state index is 10.8. The highest BCUT2D eigenvalue weighted by molar-refractivity contribution is 5.68. The van der Waals surface area contributed by atoms with Gasteiger partial charge in [0.25, 0.3) is 0 Å². The van der Waals surface area contributed by atoms with Gasteiger partial charge in [0.2, 0.25) is 0 Å². The molecule has 0 aromatic carbocycles. The second kappa shape index (κ2) is 10.8. The minimum Gasteiger partial charge on any atom is -0.481 e. The Morgan fingerprint density at radius 1 is 1.00 bits per heavy atom. The summed E-state index contributed by atoms with van der Waals surface area (Å²) >= 11 is 0. The molecule has 0 saturated carbocycles. The van der Waals surface area contributed by atoms with E-state index in [9.17, 15) is 9.59 Å². The zero-order valence-corrected chi connectivity index (χ0v) is 12.1. The Labute approximate surface area is 115 Å². The van der Waals surface area contributed by atoms with Crippen molar-refractivity contribution in [3.8, 4) is 0 Å². The monoisotopic (exact) mass is 273 g/mol. The Kier molecular flexibility index (Phi) is 10.2. The molecule has 0 radical (unpaired) electrons. The molecule has 0 aromatic rings. The predicted molar refractivity (Wildman–Crippen MR) is 74.3 cm³/mol. The maximum Gasteiger partial charge on any atom is 0.304 e. The number of carboxylic acid groups (broad SMARTS) is 2. The van der Waals surface area contributed by atoms with Gasteiger partial charge in [0.15, 0.2) is 0 Å². The third-order valence-electron chi connectivity index (χ3n) is 3.31. The van der Waals surface area contributed by atoms with Gasteiger partial charge in [-0.25, -0.2) is 0 Å². The molecule has 1 unspecified atom stereocenters. The van der Waals surface area contributed by atoms with Crippen LogP contribution in [0.3, 0.4) is 0 Å². The quantitative estimate of drug-likeness (QED) is 0.534. The lowest BCUT2D eigenvalue weighted by atomic mass is 10.1. The van der Waals surface area contributed by atoms with E-state index in [2.05, 4.69) is 6.92 Å². The molecule has 0 aliphatic heterocycles. The molecule has 2 N–H and O–H groups in total. The fourth-order valence-corrected chi connectivity index (χ4v) is 2.19. The van der Waals surface area contributed by atoms with E-state index in [0.717, 1.165) is 32.2 Å². The van der Waals surface area contributed by atoms with Crippen molar-refractivity contribution in [2.45, 2.75) is 64.8 Å². The van der Waals surface area contributed by atoms with E-state index in [1.54, 1.807) is 0 Å². The summed E-state index contributed by atoms with van der Waals surface area (Å²) in [6.07, 6.45) is 5.34. The molecule has 19 heavy (non-hydrogen) atoms. The van der Waals surface area contributed by atoms with Crippen molar-refractivity contribution in [3.05, 3.63) is 0 Å². The van der Waals surface area contributed by atoms with Crippen molar-refractivity contribution >= 4 is 11.9 Å². The highest BCUT2D eigenvalue weighted by Crippen LogP contribution is 2.12. The molecule has 112 valence electrons. The Bertz CT molecular complexity index is 268. The van der Waals surface area contributed by atoms with E-state index in [1.807, 2.05) is 11.8 Å². The molecular weight excluding hydrogens is 246 g/mol. The third-order valence-corrected chi connectivity index (χ3v) is 3.31. The van der Waals surface area contributed by atoms with Crippen LogP contribution in [0.5, 0.6) is 0 Å². The number of aliphatic carboxylic acids is 2. The normalized spacial score (nSPS) is 12.6. The van der Waals surface area contributed by atoms with Crippen LogP contribution in [0, 0.1) is 0 Å². The fraction of sp³-hybridized carbons (Fsp3) is 0.857. The molecule has 5 nitrogen and oxygen atoms in total. The van der Waals surface area contributed by atoms with Crippen LogP contribution in [0.1, 0.15) is 58.8 Å². The van der Waals surface area contributed by atoms with Crippen LogP contribution in [-0.2, 0) is 9.59 Å². The molecule has 0 aliphatic carbocycles. The summed E-state index contributed by atoms with van der Waals surface area (Å²) in [6, 6.07) is -0.0570. The third kappa shape index (κ3) is 9.47. The minimum absolute atomic E-state index is 0.0570. The molecule has 0 rings (SSSR count). The van der Waals surface area contributed by atoms with E-state index in [-0.39, 0.29) is 18.9 Å². The van der Waals surface area contributed by atoms with Crippen LogP contribution in [-0.4, -0.2) is 46.2 Å². The topological polar surface area (TPSA) is 77.8 Å². The van der Waals surface area contributed by atoms with Gasteiger partial charge in [-0.05, 0) is 19.4 Å². The molecule has 0 fully saturated rings. The van der Waals surface area contributed by atoms with Crippen molar-refractivity contribution in [3.63, 3.8) is 0 Å². The first-order chi connectivity index (χ1) is 9.01. The highest BCUT2D eigenvalue weighted by Gasteiger charge is 2.20. The first kappa shape index (κ1) is 17.9. The van der Waals surface area contributed by atoms with Crippen molar-refractivity contribution in [2.24, 2.45) is 0 Å². The summed E-state index contributed by atoms with van der Waals surface area (Å²) in [4.78, 5) is 23.5. The fourth-order valence-electron chi connectivity index (χ4n) is 2.19. The summed E-state index contributed by atoms with van der Waals surface area (Å²) in [5, 5.41) is 17.7. The van der Waals surface area contributed by atoms with Crippen molar-refractivity contribution < 1.29 is 19.8 Å². The second-order valence-electron chi connectivity index (χ2n) is 4.90. The van der Waals surface area contributed by atoms with Crippen LogP contribution in [0.25, 0.3) is 0 Å². The second-order valence-corrected chi connectivity index (χ2v) is 4.90. The number of hydrogen-bond acceptors (Lipinski definition) is 3. The van der Waals surface area contributed by atoms with Gasteiger partial charge in [-0.3, -0.25) is 14.5 Å². The largest absolute Gasteiger partial charge is 0.481 e. The average molecular weight is 273 g/mol. The SMILES string of the molecule is CCCCCCN(CCC(=O)O)C(CC)CC(=O)O. The number of nitrogens with zero attached hydrogens (tertiary/aromatic N) is 1. The molecule has 0 aliphatic rings. The smallest absolute Gasteiger partial charge is 0.304 e. The van der Waals surface area contributed by atoms with Gasteiger partial charge in [0, 0.05) is 12.6 Å². The molecule has 0 aromatic heterocycles. The Morgan fingerprint density at radius 3 is 2.16 bits per heavy atom. The van der Waals surface area contributed by atoms with Crippen LogP contribution < -0.4 is 0 Å². The van der Waals surface area contributed by atoms with Gasteiger partial charge in [0.1, 0.15) is 0 Å². The summed E-state index contributed by atoms with van der Waals surface area (Å²) in [7, 11) is 0. The van der Waals surface area contributed by atoms with E-state index < -0.39 is 11.9 Å². The molecule has 0 heterocycles. The van der Waals surface area contributed by atoms with Gasteiger partial charge in [-0.1, -0.05) is 33.1 Å². The van der Waals surface area contributed by atoms with Crippen molar-refractivity contribution in [1.29, 1.82) is 0 Å². The Morgan fingerprint density at radius 2 is 1.68 bits per heavy atom. The van der Waals surface area contributed by atoms with Crippen LogP contribution in [0.4, 0.5) is 0 Å². The zero-order valence-electron chi connectivity index (χ0n) is 12.1. The van der Waals surface area contributed by atoms with Crippen LogP contribution in [0.2, 0.25) is 0 Å². The number of hydrogen-bond donors (Lipinski definition) is 2. The lowest BCUT2D eigenvalue weighted by molar-refractivity contribution is -0.138. The van der Waals surface area contributed by atoms with Gasteiger partial charge in [0.05, 0.1) is 12.8 Å². The Hall–Kier alpha value is -1.10. The molecule has 0 spiro atoms. The minimum atomic E-state index is -0.830.